The Bertz CT molecular complexity index is 982. The number of ether oxygens (including phenoxy) is 1. The molecule has 0 aliphatic carbocycles. The van der Waals surface area contributed by atoms with Crippen molar-refractivity contribution in [1.29, 1.82) is 0 Å². The van der Waals surface area contributed by atoms with Gasteiger partial charge in [0.25, 0.3) is 5.91 Å². The van der Waals surface area contributed by atoms with E-state index in [0.717, 1.165) is 31.0 Å². The Morgan fingerprint density at radius 3 is 3.07 bits per heavy atom. The zero-order chi connectivity index (χ0) is 20.1. The fraction of sp³-hybridized carbons (Fsp3) is 0.286. The van der Waals surface area contributed by atoms with Crippen molar-refractivity contribution < 1.29 is 9.53 Å². The summed E-state index contributed by atoms with van der Waals surface area (Å²) in [6, 6.07) is 7.55. The average Bonchev–Trinajstić information content (AvgIpc) is 3.37. The van der Waals surface area contributed by atoms with Crippen LogP contribution in [-0.2, 0) is 11.3 Å². The number of amides is 1. The van der Waals surface area contributed by atoms with Gasteiger partial charge in [-0.3, -0.25) is 15.1 Å². The molecule has 8 heteroatoms. The third-order valence-corrected chi connectivity index (χ3v) is 5.46. The Labute approximate surface area is 173 Å². The summed E-state index contributed by atoms with van der Waals surface area (Å²) in [5, 5.41) is 5.40. The number of likely N-dealkylation sites (N-methyl/N-ethyl adjacent to an activating group) is 1. The van der Waals surface area contributed by atoms with Gasteiger partial charge in [-0.25, -0.2) is 4.98 Å². The summed E-state index contributed by atoms with van der Waals surface area (Å²) in [6.07, 6.45) is 9.44. The summed E-state index contributed by atoms with van der Waals surface area (Å²) in [4.78, 5) is 23.5. The van der Waals surface area contributed by atoms with Gasteiger partial charge in [-0.15, -0.1) is 11.3 Å². The fourth-order valence-corrected chi connectivity index (χ4v) is 3.83. The van der Waals surface area contributed by atoms with Crippen LogP contribution in [0.2, 0.25) is 0 Å². The molecule has 150 valence electrons. The second-order valence-electron chi connectivity index (χ2n) is 6.94. The second kappa shape index (κ2) is 9.13. The maximum atomic E-state index is 12.7. The Morgan fingerprint density at radius 2 is 2.24 bits per heavy atom. The predicted molar refractivity (Wildman–Crippen MR) is 114 cm³/mol. The largest absolute Gasteiger partial charge is 0.371 e. The van der Waals surface area contributed by atoms with Crippen LogP contribution in [0.5, 0.6) is 0 Å². The number of nitrogens with one attached hydrogen (secondary N) is 1. The molecule has 3 aromatic heterocycles. The summed E-state index contributed by atoms with van der Waals surface area (Å²) >= 11 is 1.41. The molecule has 0 spiro atoms. The first-order valence-corrected chi connectivity index (χ1v) is 10.3. The van der Waals surface area contributed by atoms with Gasteiger partial charge < -0.3 is 14.2 Å². The van der Waals surface area contributed by atoms with Crippen LogP contribution in [0.3, 0.4) is 0 Å². The molecule has 1 fully saturated rings. The zero-order valence-electron chi connectivity index (χ0n) is 16.2. The molecule has 1 aliphatic heterocycles. The summed E-state index contributed by atoms with van der Waals surface area (Å²) in [5.41, 5.74) is 2.49. The van der Waals surface area contributed by atoms with Crippen LogP contribution in [0.15, 0.2) is 54.3 Å². The van der Waals surface area contributed by atoms with E-state index >= 15 is 0 Å². The van der Waals surface area contributed by atoms with Gasteiger partial charge in [-0.05, 0) is 43.0 Å². The molecule has 7 nitrogen and oxygen atoms in total. The lowest BCUT2D eigenvalue weighted by molar-refractivity contribution is 0.00738. The quantitative estimate of drug-likeness (QED) is 0.678. The van der Waals surface area contributed by atoms with Crippen LogP contribution in [0.4, 0.5) is 5.13 Å². The SMILES string of the molecule is CN1CCOC(C=Cc2csc(NC(=O)c3cccn3Cc3ccncc3)n2)C1. The van der Waals surface area contributed by atoms with E-state index in [0.29, 0.717) is 17.4 Å². The topological polar surface area (TPSA) is 72.3 Å². The third-order valence-electron chi connectivity index (χ3n) is 4.69. The van der Waals surface area contributed by atoms with Crippen molar-refractivity contribution >= 4 is 28.5 Å². The molecule has 4 heterocycles. The molecular formula is C21H23N5O2S. The molecule has 4 rings (SSSR count). The molecule has 1 unspecified atom stereocenters. The van der Waals surface area contributed by atoms with Gasteiger partial charge in [0.1, 0.15) is 5.69 Å². The molecule has 1 amide bonds. The summed E-state index contributed by atoms with van der Waals surface area (Å²) in [7, 11) is 2.09. The molecule has 0 radical (unpaired) electrons. The van der Waals surface area contributed by atoms with Crippen LogP contribution < -0.4 is 5.32 Å². The molecule has 3 aromatic rings. The third kappa shape index (κ3) is 5.17. The maximum Gasteiger partial charge on any atom is 0.274 e. The van der Waals surface area contributed by atoms with Crippen molar-refractivity contribution in [3.63, 3.8) is 0 Å². The number of carbonyl (C=O) groups is 1. The highest BCUT2D eigenvalue weighted by molar-refractivity contribution is 7.14. The van der Waals surface area contributed by atoms with E-state index in [-0.39, 0.29) is 12.0 Å². The maximum absolute atomic E-state index is 12.7. The number of carbonyl (C=O) groups excluding carboxylic acids is 1. The van der Waals surface area contributed by atoms with Gasteiger partial charge in [0.05, 0.1) is 18.4 Å². The van der Waals surface area contributed by atoms with E-state index in [1.54, 1.807) is 12.4 Å². The Balaban J connectivity index is 1.38. The molecule has 1 aliphatic rings. The van der Waals surface area contributed by atoms with Gasteiger partial charge in [0.2, 0.25) is 0 Å². The molecule has 29 heavy (non-hydrogen) atoms. The molecular weight excluding hydrogens is 386 g/mol. The van der Waals surface area contributed by atoms with Crippen LogP contribution in [0, 0.1) is 0 Å². The Morgan fingerprint density at radius 1 is 1.38 bits per heavy atom. The minimum Gasteiger partial charge on any atom is -0.371 e. The molecule has 1 atom stereocenters. The van der Waals surface area contributed by atoms with E-state index in [1.165, 1.54) is 11.3 Å². The van der Waals surface area contributed by atoms with E-state index in [2.05, 4.69) is 27.2 Å². The Kier molecular flexibility index (Phi) is 6.14. The lowest BCUT2D eigenvalue weighted by Gasteiger charge is -2.27. The number of morpholine rings is 1. The van der Waals surface area contributed by atoms with Crippen LogP contribution in [0.1, 0.15) is 21.7 Å². The van der Waals surface area contributed by atoms with Gasteiger partial charge in [0, 0.05) is 43.6 Å². The number of pyridine rings is 1. The summed E-state index contributed by atoms with van der Waals surface area (Å²) in [6.45, 7) is 3.18. The normalized spacial score (nSPS) is 17.6. The first-order valence-electron chi connectivity index (χ1n) is 9.46. The zero-order valence-corrected chi connectivity index (χ0v) is 17.0. The van der Waals surface area contributed by atoms with Gasteiger partial charge in [-0.1, -0.05) is 6.08 Å². The fourth-order valence-electron chi connectivity index (χ4n) is 3.16. The molecule has 1 saturated heterocycles. The number of thiazole rings is 1. The monoisotopic (exact) mass is 409 g/mol. The first kappa shape index (κ1) is 19.5. The molecule has 1 N–H and O–H groups in total. The van der Waals surface area contributed by atoms with Crippen molar-refractivity contribution in [2.24, 2.45) is 0 Å². The van der Waals surface area contributed by atoms with Gasteiger partial charge in [0.15, 0.2) is 5.13 Å². The van der Waals surface area contributed by atoms with Gasteiger partial charge in [-0.2, -0.15) is 0 Å². The summed E-state index contributed by atoms with van der Waals surface area (Å²) < 4.78 is 7.64. The highest BCUT2D eigenvalue weighted by Crippen LogP contribution is 2.19. The van der Waals surface area contributed by atoms with Crippen molar-refractivity contribution in [2.45, 2.75) is 12.6 Å². The van der Waals surface area contributed by atoms with Crippen molar-refractivity contribution in [3.05, 3.63) is 71.3 Å². The standard InChI is InChI=1S/C21H23N5O2S/c1-25-11-12-28-18(14-25)5-4-17-15-29-21(23-17)24-20(27)19-3-2-10-26(19)13-16-6-8-22-9-7-16/h2-10,15,18H,11-14H2,1H3,(H,23,24,27). The van der Waals surface area contributed by atoms with E-state index < -0.39 is 0 Å². The van der Waals surface area contributed by atoms with E-state index in [4.69, 9.17) is 4.74 Å². The highest BCUT2D eigenvalue weighted by Gasteiger charge is 2.15. The van der Waals surface area contributed by atoms with Gasteiger partial charge >= 0.3 is 0 Å². The molecule has 0 aromatic carbocycles. The van der Waals surface area contributed by atoms with Crippen molar-refractivity contribution in [1.82, 2.24) is 19.4 Å². The number of nitrogens with zero attached hydrogens (tertiary/aromatic N) is 4. The van der Waals surface area contributed by atoms with Crippen molar-refractivity contribution in [3.8, 4) is 0 Å². The second-order valence-corrected chi connectivity index (χ2v) is 7.80. The number of anilines is 1. The Hall–Kier alpha value is -2.81. The van der Waals surface area contributed by atoms with Crippen molar-refractivity contribution in [2.75, 3.05) is 32.1 Å². The minimum absolute atomic E-state index is 0.0740. The first-order chi connectivity index (χ1) is 14.2. The number of aromatic nitrogens is 3. The lowest BCUT2D eigenvalue weighted by atomic mass is 10.2. The minimum atomic E-state index is -0.175. The molecule has 0 bridgehead atoms. The van der Waals surface area contributed by atoms with E-state index in [1.807, 2.05) is 52.6 Å². The van der Waals surface area contributed by atoms with E-state index in [9.17, 15) is 4.79 Å². The summed E-state index contributed by atoms with van der Waals surface area (Å²) in [5.74, 6) is -0.175. The van der Waals surface area contributed by atoms with Crippen LogP contribution in [-0.4, -0.2) is 58.2 Å². The lowest BCUT2D eigenvalue weighted by Crippen LogP contribution is -2.38. The highest BCUT2D eigenvalue weighted by atomic mass is 32.1. The average molecular weight is 410 g/mol. The molecule has 0 saturated carbocycles. The number of hydrogen-bond acceptors (Lipinski definition) is 6. The number of rotatable bonds is 6. The predicted octanol–water partition coefficient (Wildman–Crippen LogP) is 2.98. The smallest absolute Gasteiger partial charge is 0.274 e. The van der Waals surface area contributed by atoms with Crippen LogP contribution in [0.25, 0.3) is 6.08 Å². The number of hydrogen-bond donors (Lipinski definition) is 1. The van der Waals surface area contributed by atoms with Crippen LogP contribution >= 0.6 is 11.3 Å².